The molecule has 2 heteroatoms. The SMILES string of the molecule is C#CCOc1ccc2c(c1)[C@@]13CCCC[C@H]1[C@@H](C2)N(Cc1ccccc1)CC3. The van der Waals surface area contributed by atoms with Crippen molar-refractivity contribution in [2.24, 2.45) is 5.92 Å². The Morgan fingerprint density at radius 3 is 2.86 bits per heavy atom. The zero-order valence-corrected chi connectivity index (χ0v) is 16.6. The minimum Gasteiger partial charge on any atom is -0.481 e. The van der Waals surface area contributed by atoms with Crippen LogP contribution in [-0.2, 0) is 18.4 Å². The van der Waals surface area contributed by atoms with Crippen molar-refractivity contribution in [3.05, 3.63) is 65.2 Å². The monoisotopic (exact) mass is 371 g/mol. The standard InChI is InChI=1S/C26H29NO/c1-2-16-28-22-12-11-21-17-25-23-10-6-7-13-26(23,24(21)18-22)14-15-27(25)19-20-8-4-3-5-9-20/h1,3-5,8-9,11-12,18,23,25H,6-7,10,13-17,19H2/t23-,25+,26+/m0/s1. The van der Waals surface area contributed by atoms with E-state index in [1.807, 2.05) is 0 Å². The van der Waals surface area contributed by atoms with Gasteiger partial charge in [-0.1, -0.05) is 55.2 Å². The smallest absolute Gasteiger partial charge is 0.148 e. The molecular formula is C26H29NO. The summed E-state index contributed by atoms with van der Waals surface area (Å²) in [5.41, 5.74) is 4.89. The van der Waals surface area contributed by atoms with Gasteiger partial charge in [0.2, 0.25) is 0 Å². The first-order valence-corrected chi connectivity index (χ1v) is 10.8. The lowest BCUT2D eigenvalue weighted by molar-refractivity contribution is -0.0157. The number of hydrogen-bond acceptors (Lipinski definition) is 2. The Bertz CT molecular complexity index is 883. The van der Waals surface area contributed by atoms with Gasteiger partial charge in [-0.15, -0.1) is 6.42 Å². The summed E-state index contributed by atoms with van der Waals surface area (Å²) in [5, 5.41) is 0. The summed E-state index contributed by atoms with van der Waals surface area (Å²) in [7, 11) is 0. The molecule has 1 saturated heterocycles. The molecule has 2 nitrogen and oxygen atoms in total. The molecule has 2 aliphatic carbocycles. The van der Waals surface area contributed by atoms with Crippen molar-refractivity contribution < 1.29 is 4.74 Å². The highest BCUT2D eigenvalue weighted by Gasteiger charge is 2.53. The van der Waals surface area contributed by atoms with E-state index in [1.165, 1.54) is 56.2 Å². The van der Waals surface area contributed by atoms with E-state index in [9.17, 15) is 0 Å². The van der Waals surface area contributed by atoms with Crippen LogP contribution in [0.3, 0.4) is 0 Å². The Morgan fingerprint density at radius 1 is 1.11 bits per heavy atom. The molecule has 0 aromatic heterocycles. The highest BCUT2D eigenvalue weighted by Crippen LogP contribution is 2.56. The topological polar surface area (TPSA) is 12.5 Å². The lowest BCUT2D eigenvalue weighted by Gasteiger charge is -2.59. The third kappa shape index (κ3) is 2.93. The quantitative estimate of drug-likeness (QED) is 0.705. The molecule has 0 radical (unpaired) electrons. The zero-order valence-electron chi connectivity index (χ0n) is 16.6. The van der Waals surface area contributed by atoms with Crippen LogP contribution >= 0.6 is 0 Å². The van der Waals surface area contributed by atoms with Crippen molar-refractivity contribution in [1.29, 1.82) is 0 Å². The second-order valence-corrected chi connectivity index (χ2v) is 8.80. The van der Waals surface area contributed by atoms with Crippen LogP contribution in [0.4, 0.5) is 0 Å². The molecule has 28 heavy (non-hydrogen) atoms. The molecule has 1 saturated carbocycles. The molecular weight excluding hydrogens is 342 g/mol. The Kier molecular flexibility index (Phi) is 4.65. The van der Waals surface area contributed by atoms with Gasteiger partial charge in [0, 0.05) is 18.0 Å². The number of likely N-dealkylation sites (tertiary alicyclic amines) is 1. The van der Waals surface area contributed by atoms with Crippen molar-refractivity contribution in [2.45, 2.75) is 56.5 Å². The van der Waals surface area contributed by atoms with Crippen LogP contribution in [-0.4, -0.2) is 24.1 Å². The maximum atomic E-state index is 5.79. The van der Waals surface area contributed by atoms with E-state index in [0.717, 1.165) is 18.2 Å². The zero-order chi connectivity index (χ0) is 19.0. The molecule has 1 heterocycles. The van der Waals surface area contributed by atoms with Crippen LogP contribution in [0.25, 0.3) is 0 Å². The Labute approximate surface area is 168 Å². The summed E-state index contributed by atoms with van der Waals surface area (Å²) in [6.45, 7) is 2.63. The van der Waals surface area contributed by atoms with Crippen LogP contribution in [0.5, 0.6) is 5.75 Å². The molecule has 0 spiro atoms. The number of piperidine rings is 1. The van der Waals surface area contributed by atoms with Gasteiger partial charge in [-0.3, -0.25) is 4.90 Å². The molecule has 2 aromatic rings. The highest BCUT2D eigenvalue weighted by atomic mass is 16.5. The van der Waals surface area contributed by atoms with E-state index >= 15 is 0 Å². The largest absolute Gasteiger partial charge is 0.481 e. The third-order valence-corrected chi connectivity index (χ3v) is 7.47. The molecule has 3 atom stereocenters. The molecule has 0 amide bonds. The van der Waals surface area contributed by atoms with Gasteiger partial charge in [0.15, 0.2) is 0 Å². The van der Waals surface area contributed by atoms with Gasteiger partial charge in [0.05, 0.1) is 0 Å². The van der Waals surface area contributed by atoms with Crippen LogP contribution in [0.2, 0.25) is 0 Å². The number of nitrogens with zero attached hydrogens (tertiary/aromatic N) is 1. The second-order valence-electron chi connectivity index (χ2n) is 8.80. The fourth-order valence-electron chi connectivity index (χ4n) is 6.29. The average molecular weight is 372 g/mol. The van der Waals surface area contributed by atoms with Crippen molar-refractivity contribution in [1.82, 2.24) is 4.90 Å². The average Bonchev–Trinajstić information content (AvgIpc) is 2.75. The predicted molar refractivity (Wildman–Crippen MR) is 113 cm³/mol. The number of hydrogen-bond donors (Lipinski definition) is 0. The van der Waals surface area contributed by atoms with E-state index in [4.69, 9.17) is 11.2 Å². The number of terminal acetylenes is 1. The first-order valence-electron chi connectivity index (χ1n) is 10.8. The highest BCUT2D eigenvalue weighted by molar-refractivity contribution is 5.45. The maximum Gasteiger partial charge on any atom is 0.148 e. The summed E-state index contributed by atoms with van der Waals surface area (Å²) >= 11 is 0. The summed E-state index contributed by atoms with van der Waals surface area (Å²) in [5.74, 6) is 4.31. The fraction of sp³-hybridized carbons (Fsp3) is 0.462. The van der Waals surface area contributed by atoms with Gasteiger partial charge in [-0.2, -0.15) is 0 Å². The first-order chi connectivity index (χ1) is 13.8. The van der Waals surface area contributed by atoms with Gasteiger partial charge in [0.25, 0.3) is 0 Å². The molecule has 2 aromatic carbocycles. The summed E-state index contributed by atoms with van der Waals surface area (Å²) < 4.78 is 5.79. The second kappa shape index (κ2) is 7.30. The molecule has 144 valence electrons. The first kappa shape index (κ1) is 17.8. The van der Waals surface area contributed by atoms with E-state index in [0.29, 0.717) is 18.1 Å². The van der Waals surface area contributed by atoms with E-state index in [-0.39, 0.29) is 0 Å². The molecule has 1 aliphatic heterocycles. The number of rotatable bonds is 4. The number of benzene rings is 2. The predicted octanol–water partition coefficient (Wildman–Crippen LogP) is 4.96. The summed E-state index contributed by atoms with van der Waals surface area (Å²) in [4.78, 5) is 2.77. The minimum absolute atomic E-state index is 0.346. The normalized spacial score (nSPS) is 28.7. The number of ether oxygens (including phenoxy) is 1. The van der Waals surface area contributed by atoms with Crippen LogP contribution < -0.4 is 4.74 Å². The molecule has 3 aliphatic rings. The fourth-order valence-corrected chi connectivity index (χ4v) is 6.29. The minimum atomic E-state index is 0.346. The number of fused-ring (bicyclic) bond motifs is 1. The van der Waals surface area contributed by atoms with Gasteiger partial charge in [-0.25, -0.2) is 0 Å². The lowest BCUT2D eigenvalue weighted by atomic mass is 9.52. The van der Waals surface area contributed by atoms with Crippen molar-refractivity contribution in [3.63, 3.8) is 0 Å². The molecule has 2 fully saturated rings. The molecule has 0 N–H and O–H groups in total. The Balaban J connectivity index is 1.50. The maximum absolute atomic E-state index is 5.79. The van der Waals surface area contributed by atoms with Crippen molar-refractivity contribution in [3.8, 4) is 18.1 Å². The van der Waals surface area contributed by atoms with Gasteiger partial charge >= 0.3 is 0 Å². The van der Waals surface area contributed by atoms with E-state index in [2.05, 4.69) is 59.4 Å². The van der Waals surface area contributed by atoms with Crippen LogP contribution in [0.1, 0.15) is 48.8 Å². The summed E-state index contributed by atoms with van der Waals surface area (Å²) in [6.07, 6.45) is 13.3. The van der Waals surface area contributed by atoms with Gasteiger partial charge in [0.1, 0.15) is 12.4 Å². The van der Waals surface area contributed by atoms with Gasteiger partial charge < -0.3 is 4.74 Å². The van der Waals surface area contributed by atoms with E-state index in [1.54, 1.807) is 5.56 Å². The van der Waals surface area contributed by atoms with Crippen molar-refractivity contribution in [2.75, 3.05) is 13.2 Å². The Morgan fingerprint density at radius 2 is 2.00 bits per heavy atom. The molecule has 0 unspecified atom stereocenters. The van der Waals surface area contributed by atoms with Crippen LogP contribution in [0.15, 0.2) is 48.5 Å². The lowest BCUT2D eigenvalue weighted by Crippen LogP contribution is -2.60. The molecule has 2 bridgehead atoms. The Hall–Kier alpha value is -2.24. The van der Waals surface area contributed by atoms with E-state index < -0.39 is 0 Å². The third-order valence-electron chi connectivity index (χ3n) is 7.47. The van der Waals surface area contributed by atoms with Crippen LogP contribution in [0, 0.1) is 18.3 Å². The summed E-state index contributed by atoms with van der Waals surface area (Å²) in [6, 6.07) is 18.4. The van der Waals surface area contributed by atoms with Crippen molar-refractivity contribution >= 4 is 0 Å². The van der Waals surface area contributed by atoms with Gasteiger partial charge in [-0.05, 0) is 67.0 Å². The molecule has 5 rings (SSSR count).